The van der Waals surface area contributed by atoms with Gasteiger partial charge in [-0.05, 0) is 65.2 Å². The Labute approximate surface area is 201 Å². The number of alkyl carbamates (subject to hydrolysis) is 1. The normalized spacial score (nSPS) is 17.9. The van der Waals surface area contributed by atoms with E-state index >= 15 is 0 Å². The maximum Gasteiger partial charge on any atom is 0.407 e. The summed E-state index contributed by atoms with van der Waals surface area (Å²) in [7, 11) is 1.62. The highest BCUT2D eigenvalue weighted by Crippen LogP contribution is 2.29. The molecule has 0 radical (unpaired) electrons. The largest absolute Gasteiger partial charge is 0.495 e. The number of carbonyl (C=O) groups excluding carboxylic acids is 1. The lowest BCUT2D eigenvalue weighted by Crippen LogP contribution is -2.49. The van der Waals surface area contributed by atoms with Crippen LogP contribution in [0.5, 0.6) is 5.75 Å². The average molecular weight is 467 g/mol. The Hall–Kier alpha value is -3.54. The van der Waals surface area contributed by atoms with Crippen molar-refractivity contribution in [2.24, 2.45) is 0 Å². The second kappa shape index (κ2) is 10.6. The first-order valence-corrected chi connectivity index (χ1v) is 11.5. The zero-order valence-electron chi connectivity index (χ0n) is 20.8. The molecule has 2 aromatic rings. The monoisotopic (exact) mass is 466 g/mol. The van der Waals surface area contributed by atoms with Crippen LogP contribution in [0.3, 0.4) is 0 Å². The maximum absolute atomic E-state index is 12.3. The summed E-state index contributed by atoms with van der Waals surface area (Å²) in [5, 5.41) is 19.3. The van der Waals surface area contributed by atoms with Gasteiger partial charge in [0.2, 0.25) is 0 Å². The minimum atomic E-state index is -0.550. The lowest BCUT2D eigenvalue weighted by Gasteiger charge is -2.34. The molecule has 1 fully saturated rings. The molecule has 0 unspecified atom stereocenters. The molecule has 182 valence electrons. The van der Waals surface area contributed by atoms with Gasteiger partial charge in [0.05, 0.1) is 36.4 Å². The number of amides is 1. The van der Waals surface area contributed by atoms with Crippen LogP contribution >= 0.6 is 0 Å². The summed E-state index contributed by atoms with van der Waals surface area (Å²) >= 11 is 0. The van der Waals surface area contributed by atoms with Gasteiger partial charge in [-0.1, -0.05) is 12.8 Å². The Morgan fingerprint density at radius 1 is 1.18 bits per heavy atom. The molecule has 2 aromatic heterocycles. The van der Waals surface area contributed by atoms with Gasteiger partial charge in [-0.2, -0.15) is 5.26 Å². The van der Waals surface area contributed by atoms with Crippen LogP contribution in [0.4, 0.5) is 22.0 Å². The summed E-state index contributed by atoms with van der Waals surface area (Å²) in [4.78, 5) is 21.2. The van der Waals surface area contributed by atoms with Crippen LogP contribution < -0.4 is 20.7 Å². The lowest BCUT2D eigenvalue weighted by molar-refractivity contribution is 0.0488. The van der Waals surface area contributed by atoms with Crippen molar-refractivity contribution in [3.63, 3.8) is 0 Å². The summed E-state index contributed by atoms with van der Waals surface area (Å²) in [6, 6.07) is 5.80. The molecule has 3 N–H and O–H groups in total. The Morgan fingerprint density at radius 3 is 2.50 bits per heavy atom. The van der Waals surface area contributed by atoms with E-state index in [1.165, 1.54) is 0 Å². The molecule has 2 atom stereocenters. The number of hydrogen-bond acceptors (Lipinski definition) is 8. The zero-order valence-corrected chi connectivity index (χ0v) is 20.8. The number of nitriles is 1. The first-order chi connectivity index (χ1) is 16.1. The van der Waals surface area contributed by atoms with Gasteiger partial charge in [-0.3, -0.25) is 0 Å². The third-order valence-electron chi connectivity index (χ3n) is 5.61. The molecule has 1 aliphatic carbocycles. The number of pyridine rings is 2. The number of nitrogens with one attached hydrogen (secondary N) is 3. The summed E-state index contributed by atoms with van der Waals surface area (Å²) in [5.74, 6) is 1.34. The van der Waals surface area contributed by atoms with Crippen LogP contribution in [-0.4, -0.2) is 40.9 Å². The van der Waals surface area contributed by atoms with Crippen molar-refractivity contribution in [2.75, 3.05) is 17.7 Å². The van der Waals surface area contributed by atoms with Gasteiger partial charge in [0, 0.05) is 6.04 Å². The number of aryl methyl sites for hydroxylation is 2. The quantitative estimate of drug-likeness (QED) is 0.546. The minimum Gasteiger partial charge on any atom is -0.495 e. The molecule has 0 spiro atoms. The first kappa shape index (κ1) is 25.1. The number of carbonyl (C=O) groups is 1. The maximum atomic E-state index is 12.3. The Balaban J connectivity index is 1.78. The molecule has 0 bridgehead atoms. The van der Waals surface area contributed by atoms with Crippen LogP contribution in [0.2, 0.25) is 0 Å². The van der Waals surface area contributed by atoms with E-state index in [0.29, 0.717) is 11.5 Å². The first-order valence-electron chi connectivity index (χ1n) is 11.5. The summed E-state index contributed by atoms with van der Waals surface area (Å²) < 4.78 is 10.8. The molecule has 0 saturated heterocycles. The molecule has 0 aromatic carbocycles. The number of methoxy groups -OCH3 is 1. The number of rotatable bonds is 6. The third kappa shape index (κ3) is 6.50. The molecule has 1 saturated carbocycles. The fourth-order valence-corrected chi connectivity index (χ4v) is 4.21. The van der Waals surface area contributed by atoms with Crippen molar-refractivity contribution in [2.45, 2.75) is 78.0 Å². The van der Waals surface area contributed by atoms with Gasteiger partial charge in [0.1, 0.15) is 23.2 Å². The molecular formula is C25H34N6O3. The van der Waals surface area contributed by atoms with Gasteiger partial charge in [0.15, 0.2) is 5.69 Å². The second-order valence-electron chi connectivity index (χ2n) is 9.59. The fourth-order valence-electron chi connectivity index (χ4n) is 4.21. The van der Waals surface area contributed by atoms with Crippen molar-refractivity contribution in [1.82, 2.24) is 15.3 Å². The van der Waals surface area contributed by atoms with Crippen molar-refractivity contribution in [3.05, 3.63) is 35.3 Å². The summed E-state index contributed by atoms with van der Waals surface area (Å²) in [6.45, 7) is 9.36. The zero-order chi connectivity index (χ0) is 24.9. The number of nitrogens with zero attached hydrogens (tertiary/aromatic N) is 3. The summed E-state index contributed by atoms with van der Waals surface area (Å²) in [6.07, 6.45) is 5.09. The molecule has 1 aliphatic rings. The highest BCUT2D eigenvalue weighted by molar-refractivity contribution is 5.69. The van der Waals surface area contributed by atoms with Crippen molar-refractivity contribution >= 4 is 23.3 Å². The molecule has 2 heterocycles. The van der Waals surface area contributed by atoms with E-state index in [9.17, 15) is 10.1 Å². The highest BCUT2D eigenvalue weighted by atomic mass is 16.6. The van der Waals surface area contributed by atoms with Crippen LogP contribution in [0, 0.1) is 25.2 Å². The molecule has 0 aliphatic heterocycles. The Bertz CT molecular complexity index is 1050. The van der Waals surface area contributed by atoms with E-state index in [1.807, 2.05) is 46.8 Å². The predicted octanol–water partition coefficient (Wildman–Crippen LogP) is 4.97. The van der Waals surface area contributed by atoms with E-state index < -0.39 is 11.7 Å². The highest BCUT2D eigenvalue weighted by Gasteiger charge is 2.28. The van der Waals surface area contributed by atoms with Gasteiger partial charge in [-0.25, -0.2) is 14.8 Å². The van der Waals surface area contributed by atoms with Crippen molar-refractivity contribution in [1.29, 1.82) is 5.26 Å². The standard InChI is InChI=1S/C25H34N6O3/c1-15-11-22(28-16(2)23(15)33-6)30-20-12-17(14-27-21(20)13-26)29-18-9-7-8-10-19(18)31-24(32)34-25(3,4)5/h11-12,14,18-19,29H,7-10H2,1-6H3,(H,28,30)(H,31,32)/t18-,19+/m1/s1. The molecular weight excluding hydrogens is 432 g/mol. The van der Waals surface area contributed by atoms with Crippen LogP contribution in [0.25, 0.3) is 0 Å². The Kier molecular flexibility index (Phi) is 7.82. The van der Waals surface area contributed by atoms with Crippen molar-refractivity contribution < 1.29 is 14.3 Å². The van der Waals surface area contributed by atoms with E-state index in [0.717, 1.165) is 48.4 Å². The molecule has 3 rings (SSSR count). The SMILES string of the molecule is COc1c(C)cc(Nc2cc(N[C@@H]3CCCC[C@@H]3NC(=O)OC(C)(C)C)cnc2C#N)nc1C. The average Bonchev–Trinajstić information content (AvgIpc) is 2.74. The van der Waals surface area contributed by atoms with Gasteiger partial charge in [-0.15, -0.1) is 0 Å². The topological polar surface area (TPSA) is 121 Å². The molecule has 9 nitrogen and oxygen atoms in total. The fraction of sp³-hybridized carbons (Fsp3) is 0.520. The van der Waals surface area contributed by atoms with E-state index in [2.05, 4.69) is 32.0 Å². The van der Waals surface area contributed by atoms with Crippen molar-refractivity contribution in [3.8, 4) is 11.8 Å². The number of aromatic nitrogens is 2. The smallest absolute Gasteiger partial charge is 0.407 e. The van der Waals surface area contributed by atoms with E-state index in [4.69, 9.17) is 9.47 Å². The number of ether oxygens (including phenoxy) is 2. The van der Waals surface area contributed by atoms with Crippen LogP contribution in [0.1, 0.15) is 63.4 Å². The van der Waals surface area contributed by atoms with Gasteiger partial charge >= 0.3 is 6.09 Å². The van der Waals surface area contributed by atoms with E-state index in [1.54, 1.807) is 13.3 Å². The number of hydrogen-bond donors (Lipinski definition) is 3. The molecule has 34 heavy (non-hydrogen) atoms. The number of anilines is 3. The van der Waals surface area contributed by atoms with Gasteiger partial charge in [0.25, 0.3) is 0 Å². The summed E-state index contributed by atoms with van der Waals surface area (Å²) in [5.41, 5.74) is 2.72. The minimum absolute atomic E-state index is 0.0208. The third-order valence-corrected chi connectivity index (χ3v) is 5.61. The Morgan fingerprint density at radius 2 is 1.88 bits per heavy atom. The predicted molar refractivity (Wildman–Crippen MR) is 132 cm³/mol. The molecule has 1 amide bonds. The lowest BCUT2D eigenvalue weighted by atomic mass is 9.90. The van der Waals surface area contributed by atoms with E-state index in [-0.39, 0.29) is 17.8 Å². The van der Waals surface area contributed by atoms with Crippen LogP contribution in [-0.2, 0) is 4.74 Å². The van der Waals surface area contributed by atoms with Crippen LogP contribution in [0.15, 0.2) is 18.3 Å². The molecule has 9 heteroatoms. The van der Waals surface area contributed by atoms with Gasteiger partial charge < -0.3 is 25.4 Å². The second-order valence-corrected chi connectivity index (χ2v) is 9.59.